The molecule has 5 aliphatic rings. The number of nitrogens with zero attached hydrogens (tertiary/aromatic N) is 2. The summed E-state index contributed by atoms with van der Waals surface area (Å²) in [4.78, 5) is 44.7. The zero-order valence-electron chi connectivity index (χ0n) is 23.8. The number of carbonyl (C=O) groups excluding carboxylic acids is 3. The fraction of sp³-hybridized carbons (Fsp3) is 0.562. The molecule has 9 atom stereocenters. The summed E-state index contributed by atoms with van der Waals surface area (Å²) in [5.74, 6) is -2.92. The highest BCUT2D eigenvalue weighted by molar-refractivity contribution is 6.01. The van der Waals surface area contributed by atoms with Crippen LogP contribution in [0.15, 0.2) is 52.5 Å². The summed E-state index contributed by atoms with van der Waals surface area (Å²) in [6, 6.07) is 7.72. The Hall–Kier alpha value is -3.40. The van der Waals surface area contributed by atoms with Gasteiger partial charge in [-0.05, 0) is 73.3 Å². The molecule has 0 spiro atoms. The molecule has 7 rings (SSSR count). The normalized spacial score (nSPS) is 42.0. The average molecular weight is 581 g/mol. The number of aliphatic hydroxyl groups is 1. The topological polar surface area (TPSA) is 110 Å². The van der Waals surface area contributed by atoms with Crippen LogP contribution >= 0.6 is 0 Å². The van der Waals surface area contributed by atoms with E-state index in [2.05, 4.69) is 4.98 Å². The predicted molar refractivity (Wildman–Crippen MR) is 148 cm³/mol. The van der Waals surface area contributed by atoms with Gasteiger partial charge < -0.3 is 19.2 Å². The van der Waals surface area contributed by atoms with E-state index < -0.39 is 64.4 Å². The number of fused-ring (bicyclic) bond motifs is 8. The molecule has 1 saturated heterocycles. The third-order valence-electron chi connectivity index (χ3n) is 11.6. The Kier molecular flexibility index (Phi) is 5.76. The second-order valence-corrected chi connectivity index (χ2v) is 13.3. The minimum atomic E-state index is -2.23. The predicted octanol–water partition coefficient (Wildman–Crippen LogP) is 4.31. The molecule has 0 amide bonds. The maximum absolute atomic E-state index is 17.6. The number of allylic oxidation sites excluding steroid dienone is 4. The van der Waals surface area contributed by atoms with Gasteiger partial charge in [0.05, 0.1) is 11.5 Å². The highest BCUT2D eigenvalue weighted by Gasteiger charge is 2.78. The summed E-state index contributed by atoms with van der Waals surface area (Å²) < 4.78 is 44.8. The lowest BCUT2D eigenvalue weighted by Gasteiger charge is -2.63. The van der Waals surface area contributed by atoms with Crippen molar-refractivity contribution in [2.75, 3.05) is 24.6 Å². The molecule has 2 heterocycles. The van der Waals surface area contributed by atoms with Gasteiger partial charge in [-0.3, -0.25) is 14.4 Å². The summed E-state index contributed by atoms with van der Waals surface area (Å²) in [6.07, 6.45) is 0.950. The molecular weight excluding hydrogens is 546 g/mol. The van der Waals surface area contributed by atoms with E-state index >= 15 is 8.78 Å². The maximum atomic E-state index is 17.6. The van der Waals surface area contributed by atoms with Crippen molar-refractivity contribution in [2.45, 2.75) is 58.0 Å². The van der Waals surface area contributed by atoms with Crippen molar-refractivity contribution in [1.82, 2.24) is 4.98 Å². The van der Waals surface area contributed by atoms with Gasteiger partial charge in [0.15, 0.2) is 29.4 Å². The number of anilines is 1. The number of para-hydroxylation sites is 2. The molecule has 1 aliphatic heterocycles. The lowest BCUT2D eigenvalue weighted by atomic mass is 9.43. The summed E-state index contributed by atoms with van der Waals surface area (Å²) >= 11 is 0. The van der Waals surface area contributed by atoms with Crippen molar-refractivity contribution < 1.29 is 37.4 Å². The molecule has 0 unspecified atom stereocenters. The molecule has 42 heavy (non-hydrogen) atoms. The van der Waals surface area contributed by atoms with Crippen LogP contribution in [0.2, 0.25) is 0 Å². The van der Waals surface area contributed by atoms with Crippen molar-refractivity contribution in [3.63, 3.8) is 0 Å². The van der Waals surface area contributed by atoms with Crippen LogP contribution in [0.1, 0.15) is 40.0 Å². The number of rotatable bonds is 4. The van der Waals surface area contributed by atoms with Crippen molar-refractivity contribution in [3.8, 4) is 0 Å². The van der Waals surface area contributed by atoms with Gasteiger partial charge >= 0.3 is 5.97 Å². The van der Waals surface area contributed by atoms with Gasteiger partial charge in [-0.1, -0.05) is 25.1 Å². The first kappa shape index (κ1) is 27.4. The molecule has 0 radical (unpaired) electrons. The summed E-state index contributed by atoms with van der Waals surface area (Å²) in [7, 11) is 0. The lowest BCUT2D eigenvalue weighted by molar-refractivity contribution is -0.211. The van der Waals surface area contributed by atoms with Gasteiger partial charge in [-0.2, -0.15) is 4.98 Å². The van der Waals surface area contributed by atoms with Crippen LogP contribution in [0.4, 0.5) is 14.8 Å². The first-order chi connectivity index (χ1) is 19.8. The quantitative estimate of drug-likeness (QED) is 0.533. The molecular formula is C32H34F2N2O6. The number of halogens is 2. The van der Waals surface area contributed by atoms with Gasteiger partial charge in [0.2, 0.25) is 0 Å². The van der Waals surface area contributed by atoms with E-state index in [1.165, 1.54) is 25.2 Å². The number of ketones is 2. The number of esters is 1. The van der Waals surface area contributed by atoms with Crippen molar-refractivity contribution >= 4 is 34.7 Å². The minimum absolute atomic E-state index is 0.0456. The molecule has 4 fully saturated rings. The van der Waals surface area contributed by atoms with E-state index in [4.69, 9.17) is 9.15 Å². The SMILES string of the molecule is CC(=O)OCC(=O)[C@@]12CN(c3nc4ccccc4o3)C[C@@H]1C[C@H]1[C@@H]3C[C@H](F)C4=CC(=O)C=C[C@]4(C)[C@@]3(F)[C@@H](O)C[C@@]12C. The van der Waals surface area contributed by atoms with Gasteiger partial charge in [-0.25, -0.2) is 8.78 Å². The Bertz CT molecular complexity index is 1550. The number of benzene rings is 1. The first-order valence-corrected chi connectivity index (χ1v) is 14.6. The Morgan fingerprint density at radius 3 is 2.71 bits per heavy atom. The molecule has 0 bridgehead atoms. The third-order valence-corrected chi connectivity index (χ3v) is 11.6. The molecule has 1 N–H and O–H groups in total. The zero-order valence-corrected chi connectivity index (χ0v) is 23.8. The molecule has 10 heteroatoms. The van der Waals surface area contributed by atoms with Crippen LogP contribution in [-0.4, -0.2) is 65.3 Å². The number of hydrogen-bond acceptors (Lipinski definition) is 8. The largest absolute Gasteiger partial charge is 0.458 e. The van der Waals surface area contributed by atoms with Crippen molar-refractivity contribution in [1.29, 1.82) is 0 Å². The fourth-order valence-corrected chi connectivity index (χ4v) is 9.72. The standard InChI is InChI=1S/C32H34F2N2O6/c1-17(37)41-15-27(40)31-16-36(28-35-24-6-4-5-7-25(24)42-28)14-18(31)10-20-21-12-23(33)22-11-19(38)8-9-29(22,2)32(21,34)26(39)13-30(20,31)3/h4-9,11,18,20-21,23,26,39H,10,12-16H2,1-3H3/t18-,20-,21-,23-,26-,29-,30-,31+,32-/m0/s1. The van der Waals surface area contributed by atoms with Crippen molar-refractivity contribution in [2.24, 2.45) is 34.0 Å². The van der Waals surface area contributed by atoms with E-state index in [1.54, 1.807) is 6.92 Å². The highest BCUT2D eigenvalue weighted by Crippen LogP contribution is 2.74. The van der Waals surface area contributed by atoms with Gasteiger partial charge in [0, 0.05) is 31.3 Å². The number of aliphatic hydroxyl groups excluding tert-OH is 1. The Morgan fingerprint density at radius 1 is 1.21 bits per heavy atom. The van der Waals surface area contributed by atoms with E-state index in [0.29, 0.717) is 30.1 Å². The van der Waals surface area contributed by atoms with Crippen LogP contribution in [0.5, 0.6) is 0 Å². The number of alkyl halides is 2. The molecule has 8 nitrogen and oxygen atoms in total. The fourth-order valence-electron chi connectivity index (χ4n) is 9.72. The molecule has 3 saturated carbocycles. The number of Topliss-reactive ketones (excluding diaryl/α,β-unsaturated/α-hetero) is 1. The average Bonchev–Trinajstić information content (AvgIpc) is 3.61. The molecule has 2 aromatic rings. The minimum Gasteiger partial charge on any atom is -0.458 e. The first-order valence-electron chi connectivity index (χ1n) is 14.6. The monoisotopic (exact) mass is 580 g/mol. The second-order valence-electron chi connectivity index (χ2n) is 13.3. The number of ether oxygens (including phenoxy) is 1. The smallest absolute Gasteiger partial charge is 0.303 e. The van der Waals surface area contributed by atoms with Crippen LogP contribution in [0.25, 0.3) is 11.1 Å². The molecule has 1 aromatic heterocycles. The number of carbonyl (C=O) groups is 3. The van der Waals surface area contributed by atoms with E-state index in [-0.39, 0.29) is 36.7 Å². The van der Waals surface area contributed by atoms with Gasteiger partial charge in [-0.15, -0.1) is 0 Å². The second kappa shape index (κ2) is 8.81. The zero-order chi connectivity index (χ0) is 29.8. The lowest BCUT2D eigenvalue weighted by Crippen LogP contribution is -2.69. The maximum Gasteiger partial charge on any atom is 0.303 e. The van der Waals surface area contributed by atoms with Gasteiger partial charge in [0.25, 0.3) is 6.01 Å². The number of aromatic nitrogens is 1. The van der Waals surface area contributed by atoms with E-state index in [1.807, 2.05) is 36.1 Å². The summed E-state index contributed by atoms with van der Waals surface area (Å²) in [6.45, 7) is 4.84. The molecule has 222 valence electrons. The summed E-state index contributed by atoms with van der Waals surface area (Å²) in [5, 5.41) is 11.8. The Balaban J connectivity index is 1.32. The highest BCUT2D eigenvalue weighted by atomic mass is 19.1. The molecule has 1 aromatic carbocycles. The van der Waals surface area contributed by atoms with Crippen LogP contribution < -0.4 is 4.90 Å². The van der Waals surface area contributed by atoms with Crippen LogP contribution in [-0.2, 0) is 19.1 Å². The van der Waals surface area contributed by atoms with Crippen molar-refractivity contribution in [3.05, 3.63) is 48.1 Å². The number of hydrogen-bond donors (Lipinski definition) is 1. The Morgan fingerprint density at radius 2 is 1.98 bits per heavy atom. The third kappa shape index (κ3) is 3.30. The van der Waals surface area contributed by atoms with E-state index in [0.717, 1.165) is 0 Å². The number of oxazole rings is 1. The van der Waals surface area contributed by atoms with E-state index in [9.17, 15) is 19.5 Å². The Labute approximate surface area is 241 Å². The van der Waals surface area contributed by atoms with Gasteiger partial charge in [0.1, 0.15) is 11.7 Å². The van der Waals surface area contributed by atoms with Crippen LogP contribution in [0, 0.1) is 34.0 Å². The summed E-state index contributed by atoms with van der Waals surface area (Å²) in [5.41, 5.74) is -4.45. The molecule has 4 aliphatic carbocycles. The van der Waals surface area contributed by atoms with Crippen LogP contribution in [0.3, 0.4) is 0 Å².